The van der Waals surface area contributed by atoms with Crippen molar-refractivity contribution in [2.45, 2.75) is 32.1 Å². The number of ether oxygens (including phenoxy) is 1. The summed E-state index contributed by atoms with van der Waals surface area (Å²) in [7, 11) is 1.83. The maximum absolute atomic E-state index is 5.68. The Morgan fingerprint density at radius 2 is 1.96 bits per heavy atom. The Morgan fingerprint density at radius 3 is 2.52 bits per heavy atom. The molecule has 3 rings (SSSR count). The lowest BCUT2D eigenvalue weighted by Crippen LogP contribution is -2.48. The van der Waals surface area contributed by atoms with Gasteiger partial charge < -0.3 is 15.4 Å². The van der Waals surface area contributed by atoms with Crippen LogP contribution in [0, 0.1) is 11.3 Å². The first-order valence-corrected chi connectivity index (χ1v) is 8.45. The molecule has 2 aliphatic carbocycles. The minimum Gasteiger partial charge on any atom is -0.492 e. The maximum Gasteiger partial charge on any atom is 0.191 e. The molecule has 2 saturated carbocycles. The maximum atomic E-state index is 5.68. The summed E-state index contributed by atoms with van der Waals surface area (Å²) in [5.74, 6) is 2.77. The number of guanidine groups is 1. The number of halogens is 1. The van der Waals surface area contributed by atoms with Gasteiger partial charge in [-0.05, 0) is 49.1 Å². The van der Waals surface area contributed by atoms with Gasteiger partial charge in [-0.15, -0.1) is 24.0 Å². The Labute approximate surface area is 156 Å². The molecule has 0 heterocycles. The highest BCUT2D eigenvalue weighted by Crippen LogP contribution is 2.56. The Kier molecular flexibility index (Phi) is 6.99. The molecule has 0 spiro atoms. The molecular formula is C18H28IN3O. The van der Waals surface area contributed by atoms with E-state index >= 15 is 0 Å². The SMILES string of the molecule is CN=C(NCCOc1ccccc1)NCC1(C2CC2)CCC1.I. The fourth-order valence-corrected chi connectivity index (χ4v) is 3.39. The third-order valence-corrected chi connectivity index (χ3v) is 5.03. The number of hydrogen-bond donors (Lipinski definition) is 2. The minimum atomic E-state index is 0. The number of aliphatic imine (C=N–C) groups is 1. The van der Waals surface area contributed by atoms with Crippen LogP contribution in [0.4, 0.5) is 0 Å². The molecule has 1 aromatic rings. The summed E-state index contributed by atoms with van der Waals surface area (Å²) < 4.78 is 5.68. The normalized spacial score (nSPS) is 19.3. The third-order valence-electron chi connectivity index (χ3n) is 5.03. The molecule has 0 aliphatic heterocycles. The molecule has 2 N–H and O–H groups in total. The molecule has 0 unspecified atom stereocenters. The van der Waals surface area contributed by atoms with Crippen molar-refractivity contribution < 1.29 is 4.74 Å². The van der Waals surface area contributed by atoms with Gasteiger partial charge in [0.1, 0.15) is 12.4 Å². The molecule has 23 heavy (non-hydrogen) atoms. The van der Waals surface area contributed by atoms with E-state index in [1.807, 2.05) is 37.4 Å². The van der Waals surface area contributed by atoms with Gasteiger partial charge in [-0.25, -0.2) is 0 Å². The molecular weight excluding hydrogens is 401 g/mol. The van der Waals surface area contributed by atoms with E-state index in [0.29, 0.717) is 12.0 Å². The zero-order valence-electron chi connectivity index (χ0n) is 13.9. The molecule has 5 heteroatoms. The molecule has 2 fully saturated rings. The molecule has 0 atom stereocenters. The first-order chi connectivity index (χ1) is 10.8. The molecule has 2 aliphatic rings. The van der Waals surface area contributed by atoms with Crippen LogP contribution in [-0.4, -0.2) is 32.7 Å². The molecule has 0 saturated heterocycles. The molecule has 4 nitrogen and oxygen atoms in total. The van der Waals surface area contributed by atoms with Crippen LogP contribution in [0.1, 0.15) is 32.1 Å². The van der Waals surface area contributed by atoms with Crippen LogP contribution in [0.25, 0.3) is 0 Å². The van der Waals surface area contributed by atoms with E-state index in [2.05, 4.69) is 15.6 Å². The lowest BCUT2D eigenvalue weighted by Gasteiger charge is -2.43. The second-order valence-corrected chi connectivity index (χ2v) is 6.50. The van der Waals surface area contributed by atoms with E-state index < -0.39 is 0 Å². The average Bonchev–Trinajstić information content (AvgIpc) is 3.34. The summed E-state index contributed by atoms with van der Waals surface area (Å²) in [6.07, 6.45) is 7.03. The largest absolute Gasteiger partial charge is 0.492 e. The fraction of sp³-hybridized carbons (Fsp3) is 0.611. The predicted octanol–water partition coefficient (Wildman–Crippen LogP) is 3.43. The summed E-state index contributed by atoms with van der Waals surface area (Å²) in [5.41, 5.74) is 0.568. The van der Waals surface area contributed by atoms with Crippen molar-refractivity contribution in [2.24, 2.45) is 16.3 Å². The van der Waals surface area contributed by atoms with Crippen molar-refractivity contribution in [3.8, 4) is 5.75 Å². The van der Waals surface area contributed by atoms with E-state index in [4.69, 9.17) is 4.74 Å². The monoisotopic (exact) mass is 429 g/mol. The zero-order chi connectivity index (χ0) is 15.3. The summed E-state index contributed by atoms with van der Waals surface area (Å²) in [6, 6.07) is 9.91. The number of hydrogen-bond acceptors (Lipinski definition) is 2. The summed E-state index contributed by atoms with van der Waals surface area (Å²) >= 11 is 0. The summed E-state index contributed by atoms with van der Waals surface area (Å²) in [5, 5.41) is 6.85. The van der Waals surface area contributed by atoms with Crippen LogP contribution in [0.15, 0.2) is 35.3 Å². The Balaban J connectivity index is 0.00000192. The highest BCUT2D eigenvalue weighted by molar-refractivity contribution is 14.0. The van der Waals surface area contributed by atoms with Crippen molar-refractivity contribution in [1.29, 1.82) is 0 Å². The van der Waals surface area contributed by atoms with Crippen molar-refractivity contribution in [3.63, 3.8) is 0 Å². The Morgan fingerprint density at radius 1 is 1.22 bits per heavy atom. The fourth-order valence-electron chi connectivity index (χ4n) is 3.39. The van der Waals surface area contributed by atoms with E-state index in [0.717, 1.165) is 30.7 Å². The van der Waals surface area contributed by atoms with Gasteiger partial charge in [0.15, 0.2) is 5.96 Å². The van der Waals surface area contributed by atoms with Gasteiger partial charge >= 0.3 is 0 Å². The van der Waals surface area contributed by atoms with Gasteiger partial charge in [0, 0.05) is 13.6 Å². The Bertz CT molecular complexity index is 498. The van der Waals surface area contributed by atoms with E-state index in [9.17, 15) is 0 Å². The highest BCUT2D eigenvalue weighted by Gasteiger charge is 2.48. The van der Waals surface area contributed by atoms with Crippen LogP contribution in [0.2, 0.25) is 0 Å². The number of rotatable bonds is 7. The lowest BCUT2D eigenvalue weighted by molar-refractivity contribution is 0.106. The quantitative estimate of drug-likeness (QED) is 0.302. The lowest BCUT2D eigenvalue weighted by atomic mass is 9.65. The predicted molar refractivity (Wildman–Crippen MR) is 106 cm³/mol. The number of nitrogens with zero attached hydrogens (tertiary/aromatic N) is 1. The number of nitrogens with one attached hydrogen (secondary N) is 2. The van der Waals surface area contributed by atoms with Crippen LogP contribution in [0.5, 0.6) is 5.75 Å². The molecule has 0 radical (unpaired) electrons. The topological polar surface area (TPSA) is 45.7 Å². The number of para-hydroxylation sites is 1. The van der Waals surface area contributed by atoms with E-state index in [-0.39, 0.29) is 24.0 Å². The minimum absolute atomic E-state index is 0. The zero-order valence-corrected chi connectivity index (χ0v) is 16.2. The van der Waals surface area contributed by atoms with Gasteiger partial charge in [-0.1, -0.05) is 24.6 Å². The second kappa shape index (κ2) is 8.76. The van der Waals surface area contributed by atoms with Gasteiger partial charge in [0.25, 0.3) is 0 Å². The summed E-state index contributed by atoms with van der Waals surface area (Å²) in [6.45, 7) is 2.46. The molecule has 1 aromatic carbocycles. The molecule has 0 amide bonds. The second-order valence-electron chi connectivity index (χ2n) is 6.50. The standard InChI is InChI=1S/C18H27N3O.HI/c1-19-17(20-12-13-22-16-6-3-2-4-7-16)21-14-18(10-5-11-18)15-8-9-15;/h2-4,6-7,15H,5,8-14H2,1H3,(H2,19,20,21);1H. The van der Waals surface area contributed by atoms with Crippen molar-refractivity contribution in [1.82, 2.24) is 10.6 Å². The van der Waals surface area contributed by atoms with Crippen molar-refractivity contribution in [2.75, 3.05) is 26.7 Å². The Hall–Kier alpha value is -0.980. The van der Waals surface area contributed by atoms with Gasteiger partial charge in [0.2, 0.25) is 0 Å². The molecule has 0 bridgehead atoms. The average molecular weight is 429 g/mol. The first kappa shape index (κ1) is 18.4. The van der Waals surface area contributed by atoms with Gasteiger partial charge in [-0.2, -0.15) is 0 Å². The third kappa shape index (κ3) is 4.99. The number of benzene rings is 1. The molecule has 128 valence electrons. The van der Waals surface area contributed by atoms with Crippen LogP contribution < -0.4 is 15.4 Å². The van der Waals surface area contributed by atoms with Gasteiger partial charge in [0.05, 0.1) is 6.54 Å². The van der Waals surface area contributed by atoms with E-state index in [1.54, 1.807) is 0 Å². The van der Waals surface area contributed by atoms with E-state index in [1.165, 1.54) is 32.1 Å². The van der Waals surface area contributed by atoms with Crippen LogP contribution in [-0.2, 0) is 0 Å². The first-order valence-electron chi connectivity index (χ1n) is 8.45. The summed E-state index contributed by atoms with van der Waals surface area (Å²) in [4.78, 5) is 4.31. The molecule has 0 aromatic heterocycles. The highest BCUT2D eigenvalue weighted by atomic mass is 127. The smallest absolute Gasteiger partial charge is 0.191 e. The van der Waals surface area contributed by atoms with Gasteiger partial charge in [-0.3, -0.25) is 4.99 Å². The van der Waals surface area contributed by atoms with Crippen LogP contribution in [0.3, 0.4) is 0 Å². The van der Waals surface area contributed by atoms with Crippen molar-refractivity contribution in [3.05, 3.63) is 30.3 Å². The van der Waals surface area contributed by atoms with Crippen LogP contribution >= 0.6 is 24.0 Å². The van der Waals surface area contributed by atoms with Crippen molar-refractivity contribution >= 4 is 29.9 Å².